The zero-order valence-electron chi connectivity index (χ0n) is 10.4. The average molecular weight is 235 g/mol. The second-order valence-corrected chi connectivity index (χ2v) is 5.37. The number of nitrogens with one attached hydrogen (secondary N) is 1. The Morgan fingerprint density at radius 2 is 2.25 bits per heavy atom. The Labute approximate surface area is 103 Å². The number of hydrogen-bond acceptors (Lipinski definition) is 2. The van der Waals surface area contributed by atoms with Gasteiger partial charge in [0.1, 0.15) is 0 Å². The van der Waals surface area contributed by atoms with Gasteiger partial charge in [0.05, 0.1) is 0 Å². The van der Waals surface area contributed by atoms with Crippen LogP contribution in [0.4, 0.5) is 0 Å². The smallest absolute Gasteiger partial charge is 0.0195 e. The second-order valence-electron chi connectivity index (χ2n) is 4.27. The van der Waals surface area contributed by atoms with Gasteiger partial charge in [-0.15, -0.1) is 18.3 Å². The van der Waals surface area contributed by atoms with E-state index in [1.165, 1.54) is 16.0 Å². The molecule has 0 radical (unpaired) electrons. The summed E-state index contributed by atoms with van der Waals surface area (Å²) >= 11 is 1.91. The van der Waals surface area contributed by atoms with Crippen LogP contribution in [-0.4, -0.2) is 18.8 Å². The molecule has 0 heterocycles. The third kappa shape index (κ3) is 4.86. The zero-order chi connectivity index (χ0) is 12.0. The van der Waals surface area contributed by atoms with Gasteiger partial charge in [-0.25, -0.2) is 0 Å². The summed E-state index contributed by atoms with van der Waals surface area (Å²) in [6.45, 7) is 8.18. The first-order valence-electron chi connectivity index (χ1n) is 5.63. The third-order valence-corrected chi connectivity index (χ3v) is 3.60. The van der Waals surface area contributed by atoms with Crippen LogP contribution < -0.4 is 5.32 Å². The number of benzene rings is 1. The van der Waals surface area contributed by atoms with Crippen LogP contribution in [0.25, 0.3) is 0 Å². The molecule has 1 unspecified atom stereocenters. The van der Waals surface area contributed by atoms with E-state index in [0.717, 1.165) is 12.2 Å². The Morgan fingerprint density at radius 3 is 2.81 bits per heavy atom. The molecule has 0 fully saturated rings. The Morgan fingerprint density at radius 1 is 1.50 bits per heavy atom. The van der Waals surface area contributed by atoms with Crippen LogP contribution in [0.5, 0.6) is 0 Å². The van der Waals surface area contributed by atoms with E-state index in [9.17, 15) is 0 Å². The van der Waals surface area contributed by atoms with Crippen molar-refractivity contribution in [2.75, 3.05) is 12.8 Å². The van der Waals surface area contributed by atoms with Crippen molar-refractivity contribution in [2.24, 2.45) is 0 Å². The highest BCUT2D eigenvalue weighted by Crippen LogP contribution is 2.21. The maximum atomic E-state index is 3.96. The van der Waals surface area contributed by atoms with E-state index < -0.39 is 0 Å². The van der Waals surface area contributed by atoms with Crippen molar-refractivity contribution < 1.29 is 0 Å². The summed E-state index contributed by atoms with van der Waals surface area (Å²) in [5.41, 5.74) is 2.56. The van der Waals surface area contributed by atoms with E-state index in [1.807, 2.05) is 18.8 Å². The highest BCUT2D eigenvalue weighted by molar-refractivity contribution is 7.99. The van der Waals surface area contributed by atoms with Crippen LogP contribution >= 0.6 is 11.8 Å². The molecule has 0 saturated heterocycles. The molecule has 0 aromatic heterocycles. The van der Waals surface area contributed by atoms with E-state index in [2.05, 4.69) is 50.0 Å². The topological polar surface area (TPSA) is 12.0 Å². The standard InChI is InChI=1S/C14H21NS/c1-11(2)8-13(15-4)10-16-14-7-5-6-12(3)9-14/h5-7,9,13,15H,1,8,10H2,2-4H3. The van der Waals surface area contributed by atoms with Gasteiger partial charge in [0.25, 0.3) is 0 Å². The highest BCUT2D eigenvalue weighted by Gasteiger charge is 2.06. The number of aryl methyl sites for hydroxylation is 1. The largest absolute Gasteiger partial charge is 0.316 e. The molecule has 88 valence electrons. The fourth-order valence-corrected chi connectivity index (χ4v) is 2.69. The lowest BCUT2D eigenvalue weighted by molar-refractivity contribution is 0.615. The minimum Gasteiger partial charge on any atom is -0.316 e. The molecule has 1 rings (SSSR count). The number of hydrogen-bond donors (Lipinski definition) is 1. The van der Waals surface area contributed by atoms with Crippen molar-refractivity contribution in [3.63, 3.8) is 0 Å². The fraction of sp³-hybridized carbons (Fsp3) is 0.429. The molecular weight excluding hydrogens is 214 g/mol. The van der Waals surface area contributed by atoms with Gasteiger partial charge in [0, 0.05) is 16.7 Å². The maximum absolute atomic E-state index is 3.96. The van der Waals surface area contributed by atoms with Gasteiger partial charge in [-0.05, 0) is 39.4 Å². The average Bonchev–Trinajstić information content (AvgIpc) is 2.24. The van der Waals surface area contributed by atoms with E-state index >= 15 is 0 Å². The van der Waals surface area contributed by atoms with Gasteiger partial charge in [-0.3, -0.25) is 0 Å². The summed E-state index contributed by atoms with van der Waals surface area (Å²) in [7, 11) is 2.02. The van der Waals surface area contributed by atoms with E-state index in [1.54, 1.807) is 0 Å². The Hall–Kier alpha value is -0.730. The minimum atomic E-state index is 0.517. The molecule has 0 spiro atoms. The van der Waals surface area contributed by atoms with Crippen LogP contribution in [0, 0.1) is 6.92 Å². The minimum absolute atomic E-state index is 0.517. The van der Waals surface area contributed by atoms with Gasteiger partial charge >= 0.3 is 0 Å². The van der Waals surface area contributed by atoms with Gasteiger partial charge in [0.2, 0.25) is 0 Å². The van der Waals surface area contributed by atoms with Gasteiger partial charge in [-0.2, -0.15) is 0 Å². The molecule has 0 aliphatic heterocycles. The van der Waals surface area contributed by atoms with Crippen LogP contribution in [0.2, 0.25) is 0 Å². The maximum Gasteiger partial charge on any atom is 0.0195 e. The fourth-order valence-electron chi connectivity index (χ4n) is 1.57. The van der Waals surface area contributed by atoms with Crippen molar-refractivity contribution >= 4 is 11.8 Å². The summed E-state index contributed by atoms with van der Waals surface area (Å²) in [4.78, 5) is 1.35. The highest BCUT2D eigenvalue weighted by atomic mass is 32.2. The molecule has 1 atom stereocenters. The molecular formula is C14H21NS. The molecule has 0 amide bonds. The first-order chi connectivity index (χ1) is 7.61. The molecule has 1 nitrogen and oxygen atoms in total. The van der Waals surface area contributed by atoms with Crippen molar-refractivity contribution in [1.29, 1.82) is 0 Å². The molecule has 1 N–H and O–H groups in total. The van der Waals surface area contributed by atoms with Crippen molar-refractivity contribution in [3.8, 4) is 0 Å². The Balaban J connectivity index is 2.46. The lowest BCUT2D eigenvalue weighted by Gasteiger charge is -2.15. The van der Waals surface area contributed by atoms with Crippen LogP contribution in [0.15, 0.2) is 41.3 Å². The lowest BCUT2D eigenvalue weighted by atomic mass is 10.1. The van der Waals surface area contributed by atoms with Gasteiger partial charge in [-0.1, -0.05) is 23.3 Å². The van der Waals surface area contributed by atoms with Gasteiger partial charge < -0.3 is 5.32 Å². The number of thioether (sulfide) groups is 1. The monoisotopic (exact) mass is 235 g/mol. The Bertz CT molecular complexity index is 346. The third-order valence-electron chi connectivity index (χ3n) is 2.44. The van der Waals surface area contributed by atoms with Crippen LogP contribution in [0.1, 0.15) is 18.9 Å². The molecule has 2 heteroatoms. The van der Waals surface area contributed by atoms with E-state index in [-0.39, 0.29) is 0 Å². The molecule has 0 aliphatic rings. The molecule has 0 saturated carbocycles. The molecule has 0 aliphatic carbocycles. The first-order valence-corrected chi connectivity index (χ1v) is 6.61. The summed E-state index contributed by atoms with van der Waals surface area (Å²) in [6, 6.07) is 9.17. The summed E-state index contributed by atoms with van der Waals surface area (Å²) in [5, 5.41) is 3.34. The van der Waals surface area contributed by atoms with E-state index in [0.29, 0.717) is 6.04 Å². The molecule has 0 bridgehead atoms. The molecule has 1 aromatic rings. The quantitative estimate of drug-likeness (QED) is 0.597. The number of rotatable bonds is 6. The first kappa shape index (κ1) is 13.3. The second kappa shape index (κ2) is 6.77. The summed E-state index contributed by atoms with van der Waals surface area (Å²) in [6.07, 6.45) is 1.05. The normalized spacial score (nSPS) is 12.4. The Kier molecular flexibility index (Phi) is 5.64. The summed E-state index contributed by atoms with van der Waals surface area (Å²) in [5.74, 6) is 1.09. The van der Waals surface area contributed by atoms with Crippen molar-refractivity contribution in [1.82, 2.24) is 5.32 Å². The predicted molar refractivity (Wildman–Crippen MR) is 74.2 cm³/mol. The van der Waals surface area contributed by atoms with Gasteiger partial charge in [0.15, 0.2) is 0 Å². The predicted octanol–water partition coefficient (Wildman–Crippen LogP) is 3.64. The zero-order valence-corrected chi connectivity index (χ0v) is 11.2. The van der Waals surface area contributed by atoms with E-state index in [4.69, 9.17) is 0 Å². The summed E-state index contributed by atoms with van der Waals surface area (Å²) < 4.78 is 0. The van der Waals surface area contributed by atoms with Crippen LogP contribution in [-0.2, 0) is 0 Å². The lowest BCUT2D eigenvalue weighted by Crippen LogP contribution is -2.27. The van der Waals surface area contributed by atoms with Crippen LogP contribution in [0.3, 0.4) is 0 Å². The SMILES string of the molecule is C=C(C)CC(CSc1cccc(C)c1)NC. The molecule has 1 aromatic carbocycles. The van der Waals surface area contributed by atoms with Crippen molar-refractivity contribution in [3.05, 3.63) is 42.0 Å². The molecule has 16 heavy (non-hydrogen) atoms. The van der Waals surface area contributed by atoms with Crippen molar-refractivity contribution in [2.45, 2.75) is 31.2 Å².